The van der Waals surface area contributed by atoms with E-state index in [1.54, 1.807) is 13.3 Å². The number of carbonyl (C=O) groups is 1. The molecule has 1 aromatic heterocycles. The maximum absolute atomic E-state index is 11.4. The highest BCUT2D eigenvalue weighted by molar-refractivity contribution is 5.89. The van der Waals surface area contributed by atoms with E-state index in [0.29, 0.717) is 24.7 Å². The number of amides is 1. The fourth-order valence-electron chi connectivity index (χ4n) is 4.22. The highest BCUT2D eigenvalue weighted by Gasteiger charge is 2.20. The third-order valence-corrected chi connectivity index (χ3v) is 5.91. The summed E-state index contributed by atoms with van der Waals surface area (Å²) in [5.74, 6) is 1.30. The normalized spacial score (nSPS) is 15.1. The monoisotopic (exact) mass is 469 g/mol. The second-order valence-electron chi connectivity index (χ2n) is 8.41. The van der Waals surface area contributed by atoms with Crippen molar-refractivity contribution < 1.29 is 19.0 Å². The Labute approximate surface area is 204 Å². The fraction of sp³-hybridized carbons (Fsp3) is 0.214. The summed E-state index contributed by atoms with van der Waals surface area (Å²) in [6, 6.07) is 23.9. The van der Waals surface area contributed by atoms with Crippen LogP contribution in [-0.4, -0.2) is 42.1 Å². The number of nitrogens with zero attached hydrogens (tertiary/aromatic N) is 2. The van der Waals surface area contributed by atoms with Gasteiger partial charge in [-0.15, -0.1) is 0 Å². The SMILES string of the molecule is COc1ccc(-c2ccnn2-c2ccc(-c3cccc(NC(C)=O)c3)cc2)cc1OC1CCOC1. The molecule has 3 aromatic carbocycles. The number of ether oxygens (including phenoxy) is 3. The number of carbonyl (C=O) groups excluding carboxylic acids is 1. The minimum atomic E-state index is -0.0904. The van der Waals surface area contributed by atoms with Gasteiger partial charge in [0.05, 0.1) is 37.9 Å². The second-order valence-corrected chi connectivity index (χ2v) is 8.41. The Morgan fingerprint density at radius 3 is 2.57 bits per heavy atom. The van der Waals surface area contributed by atoms with Crippen molar-refractivity contribution in [2.45, 2.75) is 19.4 Å². The highest BCUT2D eigenvalue weighted by atomic mass is 16.6. The van der Waals surface area contributed by atoms with E-state index in [4.69, 9.17) is 14.2 Å². The van der Waals surface area contributed by atoms with Gasteiger partial charge in [0, 0.05) is 24.6 Å². The average Bonchev–Trinajstić information content (AvgIpc) is 3.56. The third kappa shape index (κ3) is 5.05. The van der Waals surface area contributed by atoms with Crippen molar-refractivity contribution in [3.8, 4) is 39.6 Å². The van der Waals surface area contributed by atoms with Crippen LogP contribution < -0.4 is 14.8 Å². The number of nitrogens with one attached hydrogen (secondary N) is 1. The predicted molar refractivity (Wildman–Crippen MR) is 135 cm³/mol. The van der Waals surface area contributed by atoms with Gasteiger partial charge in [-0.1, -0.05) is 24.3 Å². The van der Waals surface area contributed by atoms with Crippen LogP contribution in [0.25, 0.3) is 28.1 Å². The Morgan fingerprint density at radius 1 is 1.00 bits per heavy atom. The number of hydrogen-bond acceptors (Lipinski definition) is 5. The van der Waals surface area contributed by atoms with Crippen LogP contribution >= 0.6 is 0 Å². The highest BCUT2D eigenvalue weighted by Crippen LogP contribution is 2.35. The standard InChI is InChI=1S/C28H27N3O4/c1-19(32)30-23-5-3-4-21(16-23)20-6-9-24(10-7-20)31-26(12-14-29-31)22-8-11-27(33-2)28(17-22)35-25-13-15-34-18-25/h3-12,14,16-17,25H,13,15,18H2,1-2H3,(H,30,32). The maximum atomic E-state index is 11.4. The number of benzene rings is 3. The van der Waals surface area contributed by atoms with E-state index in [-0.39, 0.29) is 12.0 Å². The van der Waals surface area contributed by atoms with Crippen LogP contribution in [0.15, 0.2) is 79.0 Å². The van der Waals surface area contributed by atoms with Gasteiger partial charge >= 0.3 is 0 Å². The van der Waals surface area contributed by atoms with E-state index < -0.39 is 0 Å². The van der Waals surface area contributed by atoms with Gasteiger partial charge < -0.3 is 19.5 Å². The molecule has 1 N–H and O–H groups in total. The van der Waals surface area contributed by atoms with Gasteiger partial charge in [-0.2, -0.15) is 5.10 Å². The summed E-state index contributed by atoms with van der Waals surface area (Å²) < 4.78 is 19.0. The molecular weight excluding hydrogens is 442 g/mol. The zero-order valence-electron chi connectivity index (χ0n) is 19.7. The molecule has 1 saturated heterocycles. The van der Waals surface area contributed by atoms with Crippen molar-refractivity contribution in [2.75, 3.05) is 25.6 Å². The van der Waals surface area contributed by atoms with Gasteiger partial charge in [-0.05, 0) is 59.7 Å². The molecule has 178 valence electrons. The van der Waals surface area contributed by atoms with Gasteiger partial charge in [0.1, 0.15) is 6.10 Å². The Morgan fingerprint density at radius 2 is 1.83 bits per heavy atom. The Kier molecular flexibility index (Phi) is 6.50. The number of hydrogen-bond donors (Lipinski definition) is 1. The van der Waals surface area contributed by atoms with Crippen LogP contribution in [0.4, 0.5) is 5.69 Å². The van der Waals surface area contributed by atoms with E-state index >= 15 is 0 Å². The Balaban J connectivity index is 1.42. The van der Waals surface area contributed by atoms with E-state index in [0.717, 1.165) is 40.2 Å². The summed E-state index contributed by atoms with van der Waals surface area (Å²) in [6.07, 6.45) is 2.68. The quantitative estimate of drug-likeness (QED) is 0.395. The molecule has 1 fully saturated rings. The van der Waals surface area contributed by atoms with Gasteiger partial charge in [0.25, 0.3) is 0 Å². The van der Waals surface area contributed by atoms with Crippen molar-refractivity contribution in [3.05, 3.63) is 79.0 Å². The van der Waals surface area contributed by atoms with E-state index in [2.05, 4.69) is 22.5 Å². The van der Waals surface area contributed by atoms with Crippen molar-refractivity contribution >= 4 is 11.6 Å². The van der Waals surface area contributed by atoms with Crippen molar-refractivity contribution in [2.24, 2.45) is 0 Å². The van der Waals surface area contributed by atoms with E-state index in [1.807, 2.05) is 65.3 Å². The first-order valence-corrected chi connectivity index (χ1v) is 11.6. The van der Waals surface area contributed by atoms with E-state index in [9.17, 15) is 4.79 Å². The topological polar surface area (TPSA) is 74.6 Å². The zero-order valence-corrected chi connectivity index (χ0v) is 19.7. The Hall–Kier alpha value is -4.10. The van der Waals surface area contributed by atoms with Crippen LogP contribution in [0.2, 0.25) is 0 Å². The zero-order chi connectivity index (χ0) is 24.2. The lowest BCUT2D eigenvalue weighted by Crippen LogP contribution is -2.16. The molecular formula is C28H27N3O4. The summed E-state index contributed by atoms with van der Waals surface area (Å²) in [6.45, 7) is 2.81. The molecule has 1 amide bonds. The van der Waals surface area contributed by atoms with Gasteiger partial charge in [0.2, 0.25) is 5.91 Å². The lowest BCUT2D eigenvalue weighted by molar-refractivity contribution is -0.114. The minimum absolute atomic E-state index is 0.0285. The molecule has 0 aliphatic carbocycles. The van der Waals surface area contributed by atoms with Crippen molar-refractivity contribution in [3.63, 3.8) is 0 Å². The molecule has 4 aromatic rings. The van der Waals surface area contributed by atoms with E-state index in [1.165, 1.54) is 6.92 Å². The van der Waals surface area contributed by atoms with Crippen LogP contribution in [-0.2, 0) is 9.53 Å². The molecule has 0 spiro atoms. The van der Waals surface area contributed by atoms with Crippen molar-refractivity contribution in [1.29, 1.82) is 0 Å². The largest absolute Gasteiger partial charge is 0.493 e. The molecule has 1 atom stereocenters. The Bertz CT molecular complexity index is 1320. The predicted octanol–water partition coefficient (Wildman–Crippen LogP) is 5.34. The smallest absolute Gasteiger partial charge is 0.221 e. The summed E-state index contributed by atoms with van der Waals surface area (Å²) in [5.41, 5.74) is 5.71. The summed E-state index contributed by atoms with van der Waals surface area (Å²) in [7, 11) is 1.64. The fourth-order valence-corrected chi connectivity index (χ4v) is 4.22. The molecule has 5 rings (SSSR count). The van der Waals surface area contributed by atoms with Gasteiger partial charge in [-0.3, -0.25) is 4.79 Å². The third-order valence-electron chi connectivity index (χ3n) is 5.91. The van der Waals surface area contributed by atoms with Gasteiger partial charge in [-0.25, -0.2) is 4.68 Å². The first-order valence-electron chi connectivity index (χ1n) is 11.6. The molecule has 0 radical (unpaired) electrons. The molecule has 0 bridgehead atoms. The van der Waals surface area contributed by atoms with Crippen molar-refractivity contribution in [1.82, 2.24) is 9.78 Å². The minimum Gasteiger partial charge on any atom is -0.493 e. The molecule has 7 nitrogen and oxygen atoms in total. The first-order chi connectivity index (χ1) is 17.1. The molecule has 1 aliphatic rings. The van der Waals surface area contributed by atoms with Gasteiger partial charge in [0.15, 0.2) is 11.5 Å². The maximum Gasteiger partial charge on any atom is 0.221 e. The number of aromatic nitrogens is 2. The lowest BCUT2D eigenvalue weighted by Gasteiger charge is -2.16. The number of methoxy groups -OCH3 is 1. The molecule has 35 heavy (non-hydrogen) atoms. The number of anilines is 1. The molecule has 0 saturated carbocycles. The molecule has 1 aliphatic heterocycles. The van der Waals surface area contributed by atoms with Crippen LogP contribution in [0.1, 0.15) is 13.3 Å². The lowest BCUT2D eigenvalue weighted by atomic mass is 10.0. The molecule has 7 heteroatoms. The number of rotatable bonds is 7. The molecule has 1 unspecified atom stereocenters. The summed E-state index contributed by atoms with van der Waals surface area (Å²) >= 11 is 0. The second kappa shape index (κ2) is 10.0. The summed E-state index contributed by atoms with van der Waals surface area (Å²) in [4.78, 5) is 11.4. The molecule has 2 heterocycles. The van der Waals surface area contributed by atoms with Crippen LogP contribution in [0.5, 0.6) is 11.5 Å². The van der Waals surface area contributed by atoms with Crippen LogP contribution in [0, 0.1) is 0 Å². The summed E-state index contributed by atoms with van der Waals surface area (Å²) in [5, 5.41) is 7.40. The van der Waals surface area contributed by atoms with Crippen LogP contribution in [0.3, 0.4) is 0 Å². The average molecular weight is 470 g/mol. The first kappa shape index (κ1) is 22.7.